The van der Waals surface area contributed by atoms with Gasteiger partial charge in [-0.2, -0.15) is 0 Å². The number of fused-ring (bicyclic) bond motifs is 1. The number of terminal acetylenes is 1. The third kappa shape index (κ3) is 4.96. The second-order valence-corrected chi connectivity index (χ2v) is 6.84. The van der Waals surface area contributed by atoms with Crippen LogP contribution in [0.1, 0.15) is 40.0 Å². The fraction of sp³-hybridized carbons (Fsp3) is 0.381. The van der Waals surface area contributed by atoms with Gasteiger partial charge in [-0.15, -0.1) is 6.42 Å². The van der Waals surface area contributed by atoms with Crippen LogP contribution in [0.2, 0.25) is 0 Å². The largest absolute Gasteiger partial charge is 0.379 e. The van der Waals surface area contributed by atoms with Gasteiger partial charge in [0.1, 0.15) is 12.6 Å². The zero-order chi connectivity index (χ0) is 22.4. The Balaban J connectivity index is 1.63. The monoisotopic (exact) mass is 427 g/mol. The zero-order valence-corrected chi connectivity index (χ0v) is 16.6. The molecule has 0 spiro atoms. The number of benzene rings is 1. The molecule has 10 nitrogen and oxygen atoms in total. The van der Waals surface area contributed by atoms with Crippen LogP contribution in [0.3, 0.4) is 0 Å². The molecule has 3 rings (SSSR count). The van der Waals surface area contributed by atoms with E-state index < -0.39 is 35.6 Å². The topological polar surface area (TPSA) is 131 Å². The molecule has 10 heteroatoms. The summed E-state index contributed by atoms with van der Waals surface area (Å²) in [5.41, 5.74) is 0.288. The molecule has 1 saturated heterocycles. The maximum Gasteiger partial charge on any atom is 0.264 e. The van der Waals surface area contributed by atoms with E-state index in [0.717, 1.165) is 4.90 Å². The molecule has 1 aromatic carbocycles. The molecule has 2 aliphatic rings. The van der Waals surface area contributed by atoms with Gasteiger partial charge < -0.3 is 14.8 Å². The molecule has 0 bridgehead atoms. The van der Waals surface area contributed by atoms with Gasteiger partial charge in [0.05, 0.1) is 43.1 Å². The van der Waals surface area contributed by atoms with Crippen molar-refractivity contribution in [3.63, 3.8) is 0 Å². The highest BCUT2D eigenvalue weighted by atomic mass is 16.5. The van der Waals surface area contributed by atoms with Crippen molar-refractivity contribution in [2.24, 2.45) is 0 Å². The SMILES string of the molecule is C#CCOCCOCCC(=O)Nc1cccc2c1C(=O)N(C1CCC(=O)NC1=O)C2=O. The molecule has 0 aromatic heterocycles. The number of amides is 5. The Morgan fingerprint density at radius 2 is 1.94 bits per heavy atom. The highest BCUT2D eigenvalue weighted by Gasteiger charge is 2.45. The number of carbonyl (C=O) groups excluding carboxylic acids is 5. The van der Waals surface area contributed by atoms with Crippen LogP contribution in [0.25, 0.3) is 0 Å². The quantitative estimate of drug-likeness (QED) is 0.324. The maximum absolute atomic E-state index is 13.0. The summed E-state index contributed by atoms with van der Waals surface area (Å²) in [7, 11) is 0. The average molecular weight is 427 g/mol. The summed E-state index contributed by atoms with van der Waals surface area (Å²) in [6.45, 7) is 0.912. The van der Waals surface area contributed by atoms with E-state index in [1.807, 2.05) is 0 Å². The van der Waals surface area contributed by atoms with Crippen molar-refractivity contribution in [1.82, 2.24) is 10.2 Å². The Hall–Kier alpha value is -3.55. The van der Waals surface area contributed by atoms with Crippen molar-refractivity contribution in [1.29, 1.82) is 0 Å². The average Bonchev–Trinajstić information content (AvgIpc) is 2.99. The number of hydrogen-bond donors (Lipinski definition) is 2. The van der Waals surface area contributed by atoms with Crippen molar-refractivity contribution in [2.45, 2.75) is 25.3 Å². The van der Waals surface area contributed by atoms with Crippen LogP contribution in [-0.4, -0.2) is 66.9 Å². The second kappa shape index (κ2) is 9.97. The van der Waals surface area contributed by atoms with Crippen LogP contribution < -0.4 is 10.6 Å². The van der Waals surface area contributed by atoms with E-state index in [4.69, 9.17) is 15.9 Å². The molecule has 2 aliphatic heterocycles. The Bertz CT molecular complexity index is 966. The first kappa shape index (κ1) is 22.1. The third-order valence-corrected chi connectivity index (χ3v) is 4.77. The molecule has 162 valence electrons. The summed E-state index contributed by atoms with van der Waals surface area (Å²) in [5.74, 6) is -0.548. The first-order chi connectivity index (χ1) is 14.9. The van der Waals surface area contributed by atoms with Gasteiger partial charge in [-0.3, -0.25) is 34.2 Å². The number of nitrogens with one attached hydrogen (secondary N) is 2. The lowest BCUT2D eigenvalue weighted by atomic mass is 10.0. The van der Waals surface area contributed by atoms with E-state index in [2.05, 4.69) is 16.6 Å². The molecule has 1 fully saturated rings. The van der Waals surface area contributed by atoms with Crippen LogP contribution in [-0.2, 0) is 23.9 Å². The second-order valence-electron chi connectivity index (χ2n) is 6.84. The lowest BCUT2D eigenvalue weighted by Gasteiger charge is -2.27. The van der Waals surface area contributed by atoms with Gasteiger partial charge in [0.2, 0.25) is 17.7 Å². The van der Waals surface area contributed by atoms with Crippen LogP contribution in [0.5, 0.6) is 0 Å². The van der Waals surface area contributed by atoms with Gasteiger partial charge >= 0.3 is 0 Å². The standard InChI is InChI=1S/C21H21N3O7/c1-2-9-30-11-12-31-10-8-17(26)22-14-5-3-4-13-18(14)21(29)24(20(13)28)15-6-7-16(25)23-19(15)27/h1,3-5,15H,6-12H2,(H,22,26)(H,23,25,27). The van der Waals surface area contributed by atoms with E-state index in [1.54, 1.807) is 0 Å². The molecule has 1 unspecified atom stereocenters. The number of ether oxygens (including phenoxy) is 2. The van der Waals surface area contributed by atoms with Crippen molar-refractivity contribution in [2.75, 3.05) is 31.7 Å². The molecular weight excluding hydrogens is 406 g/mol. The molecule has 2 heterocycles. The summed E-state index contributed by atoms with van der Waals surface area (Å²) in [4.78, 5) is 62.3. The number of anilines is 1. The first-order valence-corrected chi connectivity index (χ1v) is 9.67. The summed E-state index contributed by atoms with van der Waals surface area (Å²) in [6, 6.07) is 3.42. The Morgan fingerprint density at radius 1 is 1.16 bits per heavy atom. The number of rotatable bonds is 9. The highest BCUT2D eigenvalue weighted by Crippen LogP contribution is 2.32. The molecule has 0 saturated carbocycles. The summed E-state index contributed by atoms with van der Waals surface area (Å²) < 4.78 is 10.3. The molecular formula is C21H21N3O7. The van der Waals surface area contributed by atoms with Gasteiger partial charge in [0, 0.05) is 6.42 Å². The van der Waals surface area contributed by atoms with Gasteiger partial charge in [0.25, 0.3) is 11.8 Å². The van der Waals surface area contributed by atoms with Crippen LogP contribution in [0.15, 0.2) is 18.2 Å². The molecule has 2 N–H and O–H groups in total. The summed E-state index contributed by atoms with van der Waals surface area (Å²) in [6.07, 6.45) is 5.16. The van der Waals surface area contributed by atoms with Crippen LogP contribution >= 0.6 is 0 Å². The molecule has 0 radical (unpaired) electrons. The van der Waals surface area contributed by atoms with Crippen molar-refractivity contribution in [3.8, 4) is 12.3 Å². The fourth-order valence-electron chi connectivity index (χ4n) is 3.35. The van der Waals surface area contributed by atoms with Gasteiger partial charge in [-0.05, 0) is 18.6 Å². The lowest BCUT2D eigenvalue weighted by molar-refractivity contribution is -0.136. The van der Waals surface area contributed by atoms with Crippen molar-refractivity contribution >= 4 is 35.2 Å². The van der Waals surface area contributed by atoms with Gasteiger partial charge in [-0.1, -0.05) is 12.0 Å². The number of nitrogens with zero attached hydrogens (tertiary/aromatic N) is 1. The summed E-state index contributed by atoms with van der Waals surface area (Å²) >= 11 is 0. The minimum atomic E-state index is -1.07. The van der Waals surface area contributed by atoms with E-state index in [9.17, 15) is 24.0 Å². The highest BCUT2D eigenvalue weighted by molar-refractivity contribution is 6.26. The van der Waals surface area contributed by atoms with E-state index >= 15 is 0 Å². The smallest absolute Gasteiger partial charge is 0.264 e. The minimum absolute atomic E-state index is 0.0224. The van der Waals surface area contributed by atoms with Crippen molar-refractivity contribution < 1.29 is 33.4 Å². The zero-order valence-electron chi connectivity index (χ0n) is 16.6. The van der Waals surface area contributed by atoms with Gasteiger partial charge in [0.15, 0.2) is 0 Å². The van der Waals surface area contributed by atoms with E-state index in [1.165, 1.54) is 18.2 Å². The Morgan fingerprint density at radius 3 is 2.68 bits per heavy atom. The number of imide groups is 2. The van der Waals surface area contributed by atoms with Crippen LogP contribution in [0.4, 0.5) is 5.69 Å². The molecule has 0 aliphatic carbocycles. The summed E-state index contributed by atoms with van der Waals surface area (Å²) in [5, 5.41) is 4.75. The van der Waals surface area contributed by atoms with E-state index in [-0.39, 0.29) is 55.9 Å². The lowest BCUT2D eigenvalue weighted by Crippen LogP contribution is -2.54. The molecule has 5 amide bonds. The molecule has 1 atom stereocenters. The normalized spacial score (nSPS) is 17.9. The molecule has 31 heavy (non-hydrogen) atoms. The Kier molecular flexibility index (Phi) is 7.12. The predicted molar refractivity (Wildman–Crippen MR) is 107 cm³/mol. The third-order valence-electron chi connectivity index (χ3n) is 4.77. The molecule has 1 aromatic rings. The predicted octanol–water partition coefficient (Wildman–Crippen LogP) is 0.0828. The number of piperidine rings is 1. The first-order valence-electron chi connectivity index (χ1n) is 9.67. The van der Waals surface area contributed by atoms with Crippen molar-refractivity contribution in [3.05, 3.63) is 29.3 Å². The minimum Gasteiger partial charge on any atom is -0.379 e. The number of hydrogen-bond acceptors (Lipinski definition) is 7. The van der Waals surface area contributed by atoms with Gasteiger partial charge in [-0.25, -0.2) is 0 Å². The van der Waals surface area contributed by atoms with Crippen LogP contribution in [0, 0.1) is 12.3 Å². The maximum atomic E-state index is 13.0. The number of carbonyl (C=O) groups is 5. The van der Waals surface area contributed by atoms with E-state index in [0.29, 0.717) is 6.61 Å². The fourth-order valence-corrected chi connectivity index (χ4v) is 3.35. The Labute approximate surface area is 178 Å².